The van der Waals surface area contributed by atoms with Gasteiger partial charge in [0, 0.05) is 0 Å². The lowest BCUT2D eigenvalue weighted by Crippen LogP contribution is -2.07. The highest BCUT2D eigenvalue weighted by Gasteiger charge is 2.58. The molecule has 1 fully saturated rings. The summed E-state index contributed by atoms with van der Waals surface area (Å²) in [6.07, 6.45) is 8.58. The topological polar surface area (TPSA) is 0 Å². The van der Waals surface area contributed by atoms with Gasteiger partial charge in [-0.1, -0.05) is 47.0 Å². The first kappa shape index (κ1) is 10.1. The molecular weight excluding hydrogens is 144 g/mol. The van der Waals surface area contributed by atoms with Gasteiger partial charge < -0.3 is 0 Å². The summed E-state index contributed by atoms with van der Waals surface area (Å²) in [5.41, 5.74) is 1.40. The van der Waals surface area contributed by atoms with Gasteiger partial charge in [0.15, 0.2) is 0 Å². The van der Waals surface area contributed by atoms with Crippen molar-refractivity contribution in [1.82, 2.24) is 0 Å². The predicted molar refractivity (Wildman–Crippen MR) is 55.3 cm³/mol. The number of hydrogen-bond acceptors (Lipinski definition) is 0. The molecule has 0 N–H and O–H groups in total. The van der Waals surface area contributed by atoms with Crippen molar-refractivity contribution in [3.8, 4) is 0 Å². The molecule has 1 unspecified atom stereocenters. The Balaban J connectivity index is 2.30. The Morgan fingerprint density at radius 2 is 1.67 bits per heavy atom. The van der Waals surface area contributed by atoms with E-state index in [4.69, 9.17) is 0 Å². The highest BCUT2D eigenvalue weighted by Crippen LogP contribution is 2.67. The van der Waals surface area contributed by atoms with Crippen molar-refractivity contribution in [1.29, 1.82) is 0 Å². The molecular formula is C12H24. The molecule has 0 heteroatoms. The second kappa shape index (κ2) is 3.40. The van der Waals surface area contributed by atoms with E-state index in [-0.39, 0.29) is 0 Å². The van der Waals surface area contributed by atoms with Gasteiger partial charge in [0.05, 0.1) is 0 Å². The van der Waals surface area contributed by atoms with Crippen LogP contribution in [0, 0.1) is 10.8 Å². The van der Waals surface area contributed by atoms with Crippen LogP contribution >= 0.6 is 0 Å². The lowest BCUT2D eigenvalue weighted by atomic mass is 9.88. The Morgan fingerprint density at radius 1 is 1.08 bits per heavy atom. The summed E-state index contributed by atoms with van der Waals surface area (Å²) in [4.78, 5) is 0. The Labute approximate surface area is 77.7 Å². The molecule has 1 atom stereocenters. The molecule has 0 bridgehead atoms. The van der Waals surface area contributed by atoms with Crippen LogP contribution in [0.2, 0.25) is 0 Å². The minimum Gasteiger partial charge on any atom is -0.0654 e. The number of unbranched alkanes of at least 4 members (excludes halogenated alkanes) is 2. The monoisotopic (exact) mass is 168 g/mol. The third-order valence-corrected chi connectivity index (χ3v) is 4.03. The normalized spacial score (nSPS) is 32.0. The van der Waals surface area contributed by atoms with Gasteiger partial charge in [0.2, 0.25) is 0 Å². The summed E-state index contributed by atoms with van der Waals surface area (Å²) in [5.74, 6) is 0. The van der Waals surface area contributed by atoms with Crippen LogP contribution in [-0.2, 0) is 0 Å². The average Bonchev–Trinajstić information content (AvgIpc) is 2.55. The molecule has 1 aliphatic carbocycles. The van der Waals surface area contributed by atoms with Crippen molar-refractivity contribution >= 4 is 0 Å². The smallest absolute Gasteiger partial charge is 0.0243 e. The van der Waals surface area contributed by atoms with Crippen LogP contribution in [0.4, 0.5) is 0 Å². The van der Waals surface area contributed by atoms with E-state index in [1.54, 1.807) is 0 Å². The van der Waals surface area contributed by atoms with E-state index in [2.05, 4.69) is 27.7 Å². The average molecular weight is 168 g/mol. The molecule has 0 aromatic rings. The molecule has 1 aliphatic rings. The van der Waals surface area contributed by atoms with Gasteiger partial charge in [-0.25, -0.2) is 0 Å². The third kappa shape index (κ3) is 1.67. The van der Waals surface area contributed by atoms with Crippen molar-refractivity contribution in [2.45, 2.75) is 66.2 Å². The van der Waals surface area contributed by atoms with Gasteiger partial charge in [0.25, 0.3) is 0 Å². The zero-order chi connectivity index (χ0) is 9.24. The van der Waals surface area contributed by atoms with Crippen molar-refractivity contribution < 1.29 is 0 Å². The van der Waals surface area contributed by atoms with Crippen LogP contribution in [0.15, 0.2) is 0 Å². The Bertz CT molecular complexity index is 146. The van der Waals surface area contributed by atoms with Gasteiger partial charge in [-0.15, -0.1) is 0 Å². The fourth-order valence-electron chi connectivity index (χ4n) is 2.72. The van der Waals surface area contributed by atoms with Crippen LogP contribution in [0.3, 0.4) is 0 Å². The fraction of sp³-hybridized carbons (Fsp3) is 1.00. The maximum Gasteiger partial charge on any atom is -0.0243 e. The van der Waals surface area contributed by atoms with Gasteiger partial charge in [-0.2, -0.15) is 0 Å². The third-order valence-electron chi connectivity index (χ3n) is 4.03. The maximum absolute atomic E-state index is 2.43. The molecule has 0 aromatic heterocycles. The molecule has 0 radical (unpaired) electrons. The van der Waals surface area contributed by atoms with Gasteiger partial charge in [-0.3, -0.25) is 0 Å². The number of rotatable bonds is 5. The molecule has 0 aromatic carbocycles. The van der Waals surface area contributed by atoms with Crippen LogP contribution < -0.4 is 0 Å². The molecule has 0 spiro atoms. The number of hydrogen-bond donors (Lipinski definition) is 0. The van der Waals surface area contributed by atoms with Gasteiger partial charge >= 0.3 is 0 Å². The van der Waals surface area contributed by atoms with Crippen molar-refractivity contribution in [3.05, 3.63) is 0 Å². The zero-order valence-corrected chi connectivity index (χ0v) is 9.24. The molecule has 0 heterocycles. The summed E-state index contributed by atoms with van der Waals surface area (Å²) < 4.78 is 0. The molecule has 0 nitrogen and oxygen atoms in total. The van der Waals surface area contributed by atoms with Crippen LogP contribution in [0.25, 0.3) is 0 Å². The summed E-state index contributed by atoms with van der Waals surface area (Å²) in [6.45, 7) is 9.52. The van der Waals surface area contributed by atoms with Crippen molar-refractivity contribution in [3.63, 3.8) is 0 Å². The molecule has 72 valence electrons. The maximum atomic E-state index is 2.43. The van der Waals surface area contributed by atoms with Crippen molar-refractivity contribution in [2.75, 3.05) is 0 Å². The largest absolute Gasteiger partial charge is 0.0654 e. The molecule has 0 aliphatic heterocycles. The fourth-order valence-corrected chi connectivity index (χ4v) is 2.72. The quantitative estimate of drug-likeness (QED) is 0.534. The molecule has 0 saturated heterocycles. The van der Waals surface area contributed by atoms with Crippen LogP contribution in [0.1, 0.15) is 66.2 Å². The highest BCUT2D eigenvalue weighted by atomic mass is 14.6. The standard InChI is InChI=1S/C12H24/c1-5-7-8-9-12(6-2)10-11(12,3)4/h5-10H2,1-4H3. The second-order valence-corrected chi connectivity index (χ2v) is 5.15. The summed E-state index contributed by atoms with van der Waals surface area (Å²) >= 11 is 0. The summed E-state index contributed by atoms with van der Waals surface area (Å²) in [5, 5.41) is 0. The molecule has 12 heavy (non-hydrogen) atoms. The molecule has 1 saturated carbocycles. The Morgan fingerprint density at radius 3 is 2.00 bits per heavy atom. The van der Waals surface area contributed by atoms with E-state index in [0.717, 1.165) is 5.41 Å². The first-order valence-corrected chi connectivity index (χ1v) is 5.58. The Hall–Kier alpha value is 0. The lowest BCUT2D eigenvalue weighted by molar-refractivity contribution is 0.331. The minimum atomic E-state index is 0.662. The molecule has 1 rings (SSSR count). The van der Waals surface area contributed by atoms with E-state index < -0.39 is 0 Å². The van der Waals surface area contributed by atoms with E-state index in [9.17, 15) is 0 Å². The van der Waals surface area contributed by atoms with Crippen LogP contribution in [0.5, 0.6) is 0 Å². The summed E-state index contributed by atoms with van der Waals surface area (Å²) in [6, 6.07) is 0. The van der Waals surface area contributed by atoms with E-state index in [1.165, 1.54) is 38.5 Å². The predicted octanol–water partition coefficient (Wildman–Crippen LogP) is 4.39. The van der Waals surface area contributed by atoms with Gasteiger partial charge in [0.1, 0.15) is 0 Å². The molecule has 0 amide bonds. The van der Waals surface area contributed by atoms with E-state index in [1.807, 2.05) is 0 Å². The van der Waals surface area contributed by atoms with Crippen molar-refractivity contribution in [2.24, 2.45) is 10.8 Å². The summed E-state index contributed by atoms with van der Waals surface area (Å²) in [7, 11) is 0. The SMILES string of the molecule is CCCCCC1(CC)CC1(C)C. The van der Waals surface area contributed by atoms with Crippen LogP contribution in [-0.4, -0.2) is 0 Å². The first-order chi connectivity index (χ1) is 5.58. The van der Waals surface area contributed by atoms with Gasteiger partial charge in [-0.05, 0) is 30.1 Å². The minimum absolute atomic E-state index is 0.662. The highest BCUT2D eigenvalue weighted by molar-refractivity contribution is 5.08. The lowest BCUT2D eigenvalue weighted by Gasteiger charge is -2.17. The van der Waals surface area contributed by atoms with E-state index >= 15 is 0 Å². The van der Waals surface area contributed by atoms with E-state index in [0.29, 0.717) is 5.41 Å². The zero-order valence-electron chi connectivity index (χ0n) is 9.24. The first-order valence-electron chi connectivity index (χ1n) is 5.58. The Kier molecular flexibility index (Phi) is 2.85. The second-order valence-electron chi connectivity index (χ2n) is 5.15.